The SMILES string of the molecule is COc1ccccc1NC(=O)Cc1c(C)nc2c(-c3ccccc3)c(C)nn2c1C. The van der Waals surface area contributed by atoms with E-state index in [9.17, 15) is 4.79 Å². The molecule has 152 valence electrons. The second-order valence-corrected chi connectivity index (χ2v) is 7.25. The zero-order valence-corrected chi connectivity index (χ0v) is 17.6. The predicted molar refractivity (Wildman–Crippen MR) is 118 cm³/mol. The van der Waals surface area contributed by atoms with Gasteiger partial charge in [-0.1, -0.05) is 42.5 Å². The van der Waals surface area contributed by atoms with E-state index in [-0.39, 0.29) is 12.3 Å². The van der Waals surface area contributed by atoms with Crippen LogP contribution < -0.4 is 10.1 Å². The van der Waals surface area contributed by atoms with Crippen molar-refractivity contribution in [2.45, 2.75) is 27.2 Å². The van der Waals surface area contributed by atoms with Gasteiger partial charge in [-0.25, -0.2) is 9.50 Å². The minimum Gasteiger partial charge on any atom is -0.495 e. The summed E-state index contributed by atoms with van der Waals surface area (Å²) in [7, 11) is 1.58. The first kappa shape index (κ1) is 19.6. The molecule has 2 aromatic carbocycles. The van der Waals surface area contributed by atoms with Crippen LogP contribution in [0.2, 0.25) is 0 Å². The summed E-state index contributed by atoms with van der Waals surface area (Å²) in [5.74, 6) is 0.502. The third-order valence-corrected chi connectivity index (χ3v) is 5.28. The smallest absolute Gasteiger partial charge is 0.229 e. The van der Waals surface area contributed by atoms with E-state index in [0.29, 0.717) is 11.4 Å². The van der Waals surface area contributed by atoms with Crippen molar-refractivity contribution in [3.05, 3.63) is 77.2 Å². The van der Waals surface area contributed by atoms with Crippen LogP contribution in [0, 0.1) is 20.8 Å². The Morgan fingerprint density at radius 2 is 1.70 bits per heavy atom. The number of amides is 1. The van der Waals surface area contributed by atoms with E-state index in [1.165, 1.54) is 0 Å². The fourth-order valence-electron chi connectivity index (χ4n) is 3.77. The number of carbonyl (C=O) groups is 1. The van der Waals surface area contributed by atoms with Gasteiger partial charge in [0.15, 0.2) is 5.65 Å². The van der Waals surface area contributed by atoms with Crippen molar-refractivity contribution in [2.75, 3.05) is 12.4 Å². The first-order chi connectivity index (χ1) is 14.5. The van der Waals surface area contributed by atoms with Crippen molar-refractivity contribution in [1.82, 2.24) is 14.6 Å². The molecule has 0 saturated heterocycles. The van der Waals surface area contributed by atoms with Gasteiger partial charge >= 0.3 is 0 Å². The number of methoxy groups -OCH3 is 1. The molecule has 0 spiro atoms. The number of para-hydroxylation sites is 2. The fourth-order valence-corrected chi connectivity index (χ4v) is 3.77. The Bertz CT molecular complexity index is 1230. The molecule has 6 nitrogen and oxygen atoms in total. The molecule has 0 unspecified atom stereocenters. The van der Waals surface area contributed by atoms with E-state index in [2.05, 4.69) is 17.4 Å². The number of ether oxygens (including phenoxy) is 1. The molecule has 6 heteroatoms. The molecular formula is C24H24N4O2. The number of hydrogen-bond acceptors (Lipinski definition) is 4. The summed E-state index contributed by atoms with van der Waals surface area (Å²) in [4.78, 5) is 17.6. The molecule has 0 aliphatic heterocycles. The van der Waals surface area contributed by atoms with Crippen LogP contribution in [0.1, 0.15) is 22.6 Å². The molecule has 1 amide bonds. The number of carbonyl (C=O) groups excluding carboxylic acids is 1. The Labute approximate surface area is 175 Å². The molecule has 0 atom stereocenters. The average molecular weight is 400 g/mol. The topological polar surface area (TPSA) is 68.5 Å². The molecule has 0 aliphatic rings. The number of aromatic nitrogens is 3. The van der Waals surface area contributed by atoms with Crippen LogP contribution in [0.4, 0.5) is 5.69 Å². The van der Waals surface area contributed by atoms with Gasteiger partial charge in [-0.2, -0.15) is 5.10 Å². The van der Waals surface area contributed by atoms with Crippen LogP contribution >= 0.6 is 0 Å². The van der Waals surface area contributed by atoms with Crippen molar-refractivity contribution >= 4 is 17.2 Å². The number of fused-ring (bicyclic) bond motifs is 1. The third kappa shape index (κ3) is 3.52. The van der Waals surface area contributed by atoms with Crippen molar-refractivity contribution in [2.24, 2.45) is 0 Å². The molecule has 0 fully saturated rings. The summed E-state index contributed by atoms with van der Waals surface area (Å²) >= 11 is 0. The quantitative estimate of drug-likeness (QED) is 0.535. The molecule has 1 N–H and O–H groups in total. The van der Waals surface area contributed by atoms with Gasteiger partial charge in [0.2, 0.25) is 5.91 Å². The lowest BCUT2D eigenvalue weighted by molar-refractivity contribution is -0.115. The first-order valence-corrected chi connectivity index (χ1v) is 9.83. The summed E-state index contributed by atoms with van der Waals surface area (Å²) in [5, 5.41) is 7.65. The Morgan fingerprint density at radius 1 is 1.00 bits per heavy atom. The molecule has 0 bridgehead atoms. The second kappa shape index (κ2) is 7.99. The highest BCUT2D eigenvalue weighted by molar-refractivity contribution is 5.94. The highest BCUT2D eigenvalue weighted by Gasteiger charge is 2.19. The highest BCUT2D eigenvalue weighted by atomic mass is 16.5. The van der Waals surface area contributed by atoms with Crippen molar-refractivity contribution in [1.29, 1.82) is 0 Å². The Kier molecular flexibility index (Phi) is 5.23. The number of rotatable bonds is 5. The maximum Gasteiger partial charge on any atom is 0.229 e. The van der Waals surface area contributed by atoms with Crippen molar-refractivity contribution in [3.63, 3.8) is 0 Å². The summed E-state index contributed by atoms with van der Waals surface area (Å²) in [5.41, 5.74) is 7.08. The summed E-state index contributed by atoms with van der Waals surface area (Å²) in [6.45, 7) is 5.91. The zero-order valence-electron chi connectivity index (χ0n) is 17.6. The molecule has 4 aromatic rings. The van der Waals surface area contributed by atoms with Crippen molar-refractivity contribution < 1.29 is 9.53 Å². The monoisotopic (exact) mass is 400 g/mol. The molecule has 0 saturated carbocycles. The van der Waals surface area contributed by atoms with E-state index in [1.54, 1.807) is 7.11 Å². The van der Waals surface area contributed by atoms with Crippen LogP contribution in [-0.2, 0) is 11.2 Å². The van der Waals surface area contributed by atoms with Crippen LogP contribution in [0.5, 0.6) is 5.75 Å². The molecule has 2 aromatic heterocycles. The first-order valence-electron chi connectivity index (χ1n) is 9.83. The standard InChI is InChI=1S/C24H24N4O2/c1-15-19(14-22(29)26-20-12-8-9-13-21(20)30-4)17(3)28-24(25-15)23(16(2)27-28)18-10-6-5-7-11-18/h5-13H,14H2,1-4H3,(H,26,29). The predicted octanol–water partition coefficient (Wildman–Crippen LogP) is 4.51. The van der Waals surface area contributed by atoms with Gasteiger partial charge < -0.3 is 10.1 Å². The lowest BCUT2D eigenvalue weighted by Crippen LogP contribution is -2.18. The number of nitrogens with zero attached hydrogens (tertiary/aromatic N) is 3. The van der Waals surface area contributed by atoms with Crippen LogP contribution in [0.25, 0.3) is 16.8 Å². The van der Waals surface area contributed by atoms with Gasteiger partial charge in [0.1, 0.15) is 5.75 Å². The minimum absolute atomic E-state index is 0.126. The van der Waals surface area contributed by atoms with Crippen LogP contribution in [0.15, 0.2) is 54.6 Å². The molecular weight excluding hydrogens is 376 g/mol. The summed E-state index contributed by atoms with van der Waals surface area (Å²) in [6, 6.07) is 17.5. The molecule has 30 heavy (non-hydrogen) atoms. The molecule has 4 rings (SSSR count). The van der Waals surface area contributed by atoms with Crippen LogP contribution in [0.3, 0.4) is 0 Å². The molecule has 2 heterocycles. The van der Waals surface area contributed by atoms with E-state index >= 15 is 0 Å². The van der Waals surface area contributed by atoms with E-state index in [1.807, 2.05) is 67.8 Å². The maximum atomic E-state index is 12.8. The third-order valence-electron chi connectivity index (χ3n) is 5.28. The summed E-state index contributed by atoms with van der Waals surface area (Å²) < 4.78 is 7.16. The minimum atomic E-state index is -0.126. The second-order valence-electron chi connectivity index (χ2n) is 7.25. The number of aryl methyl sites for hydroxylation is 3. The lowest BCUT2D eigenvalue weighted by atomic mass is 10.1. The van der Waals surface area contributed by atoms with Gasteiger partial charge in [-0.05, 0) is 38.5 Å². The Balaban J connectivity index is 1.70. The van der Waals surface area contributed by atoms with E-state index in [4.69, 9.17) is 14.8 Å². The maximum absolute atomic E-state index is 12.8. The van der Waals surface area contributed by atoms with Crippen LogP contribution in [-0.4, -0.2) is 27.6 Å². The van der Waals surface area contributed by atoms with Gasteiger partial charge in [-0.3, -0.25) is 4.79 Å². The van der Waals surface area contributed by atoms with E-state index < -0.39 is 0 Å². The fraction of sp³-hybridized carbons (Fsp3) is 0.208. The number of hydrogen-bond donors (Lipinski definition) is 1. The molecule has 0 aliphatic carbocycles. The number of nitrogens with one attached hydrogen (secondary N) is 1. The molecule has 0 radical (unpaired) electrons. The van der Waals surface area contributed by atoms with Gasteiger partial charge in [0, 0.05) is 22.5 Å². The van der Waals surface area contributed by atoms with E-state index in [0.717, 1.165) is 39.4 Å². The zero-order chi connectivity index (χ0) is 21.3. The highest BCUT2D eigenvalue weighted by Crippen LogP contribution is 2.29. The largest absolute Gasteiger partial charge is 0.495 e. The summed E-state index contributed by atoms with van der Waals surface area (Å²) in [6.07, 6.45) is 0.207. The number of benzene rings is 2. The van der Waals surface area contributed by atoms with Gasteiger partial charge in [0.25, 0.3) is 0 Å². The average Bonchev–Trinajstić information content (AvgIpc) is 3.08. The normalized spacial score (nSPS) is 10.9. The lowest BCUT2D eigenvalue weighted by Gasteiger charge is -2.13. The number of anilines is 1. The Morgan fingerprint density at radius 3 is 2.43 bits per heavy atom. The Hall–Kier alpha value is -3.67. The van der Waals surface area contributed by atoms with Gasteiger partial charge in [-0.15, -0.1) is 0 Å². The van der Waals surface area contributed by atoms with Gasteiger partial charge in [0.05, 0.1) is 24.9 Å². The van der Waals surface area contributed by atoms with Crippen molar-refractivity contribution in [3.8, 4) is 16.9 Å².